The Labute approximate surface area is 57.6 Å². The van der Waals surface area contributed by atoms with E-state index in [-0.39, 0.29) is 12.4 Å². The highest BCUT2D eigenvalue weighted by Gasteiger charge is 2.10. The van der Waals surface area contributed by atoms with E-state index in [1.54, 1.807) is 0 Å². The van der Waals surface area contributed by atoms with Crippen molar-refractivity contribution >= 4 is 6.03 Å². The lowest BCUT2D eigenvalue weighted by Crippen LogP contribution is -2.33. The van der Waals surface area contributed by atoms with Gasteiger partial charge in [0, 0.05) is 6.20 Å². The van der Waals surface area contributed by atoms with Gasteiger partial charge < -0.3 is 5.73 Å². The molecule has 0 spiro atoms. The third-order valence-corrected chi connectivity index (χ3v) is 1.15. The molecule has 3 nitrogen and oxygen atoms in total. The number of hydrogen-bond donors (Lipinski definition) is 1. The fraction of sp³-hybridized carbons (Fsp3) is 0.167. The minimum Gasteiger partial charge on any atom is -0.351 e. The second-order valence-electron chi connectivity index (χ2n) is 1.92. The first-order valence-electron chi connectivity index (χ1n) is 2.79. The molecule has 0 aromatic carbocycles. The third kappa shape index (κ3) is 1.34. The molecule has 0 aromatic rings. The summed E-state index contributed by atoms with van der Waals surface area (Å²) >= 11 is 0. The van der Waals surface area contributed by atoms with Crippen LogP contribution in [0.2, 0.25) is 0 Å². The highest BCUT2D eigenvalue weighted by Crippen LogP contribution is 2.06. The molecule has 1 rings (SSSR count). The molecule has 0 saturated carbocycles. The lowest BCUT2D eigenvalue weighted by molar-refractivity contribution is 0.224. The highest BCUT2D eigenvalue weighted by atomic mass is 19.1. The summed E-state index contributed by atoms with van der Waals surface area (Å²) in [6.45, 7) is -0.0498. The van der Waals surface area contributed by atoms with Crippen LogP contribution in [-0.4, -0.2) is 17.5 Å². The zero-order valence-electron chi connectivity index (χ0n) is 5.25. The number of nitrogens with two attached hydrogens (primary N) is 1. The summed E-state index contributed by atoms with van der Waals surface area (Å²) in [5.41, 5.74) is 4.87. The van der Waals surface area contributed by atoms with Gasteiger partial charge in [-0.25, -0.2) is 9.18 Å². The minimum atomic E-state index is -0.639. The third-order valence-electron chi connectivity index (χ3n) is 1.15. The van der Waals surface area contributed by atoms with Crippen molar-refractivity contribution in [1.29, 1.82) is 0 Å². The Hall–Kier alpha value is -1.32. The first-order chi connectivity index (χ1) is 4.70. The van der Waals surface area contributed by atoms with Crippen LogP contribution < -0.4 is 5.73 Å². The molecule has 0 atom stereocenters. The summed E-state index contributed by atoms with van der Waals surface area (Å²) in [5.74, 6) is -0.360. The van der Waals surface area contributed by atoms with Gasteiger partial charge in [-0.1, -0.05) is 0 Å². The van der Waals surface area contributed by atoms with E-state index in [4.69, 9.17) is 5.73 Å². The Morgan fingerprint density at radius 3 is 2.90 bits per heavy atom. The fourth-order valence-corrected chi connectivity index (χ4v) is 0.671. The van der Waals surface area contributed by atoms with Gasteiger partial charge in [0.2, 0.25) is 0 Å². The van der Waals surface area contributed by atoms with Gasteiger partial charge in [-0.15, -0.1) is 0 Å². The summed E-state index contributed by atoms with van der Waals surface area (Å²) in [7, 11) is 0. The molecule has 1 heterocycles. The molecule has 1 aliphatic rings. The average molecular weight is 142 g/mol. The van der Waals surface area contributed by atoms with Gasteiger partial charge in [-0.3, -0.25) is 4.90 Å². The van der Waals surface area contributed by atoms with Crippen LogP contribution in [0.1, 0.15) is 0 Å². The molecule has 0 saturated heterocycles. The summed E-state index contributed by atoms with van der Waals surface area (Å²) in [5, 5.41) is 0. The second kappa shape index (κ2) is 2.51. The number of rotatable bonds is 0. The predicted molar refractivity (Wildman–Crippen MR) is 34.6 cm³/mol. The molecule has 0 unspecified atom stereocenters. The molecule has 0 fully saturated rings. The van der Waals surface area contributed by atoms with Gasteiger partial charge in [0.05, 0.1) is 6.54 Å². The summed E-state index contributed by atoms with van der Waals surface area (Å²) in [4.78, 5) is 11.5. The van der Waals surface area contributed by atoms with E-state index in [2.05, 4.69) is 0 Å². The molecular formula is C6H7FN2O. The first-order valence-corrected chi connectivity index (χ1v) is 2.79. The molecule has 2 N–H and O–H groups in total. The van der Waals surface area contributed by atoms with Crippen LogP contribution in [0.4, 0.5) is 9.18 Å². The van der Waals surface area contributed by atoms with Gasteiger partial charge in [0.25, 0.3) is 0 Å². The van der Waals surface area contributed by atoms with Gasteiger partial charge in [-0.05, 0) is 12.2 Å². The molecule has 0 bridgehead atoms. The van der Waals surface area contributed by atoms with Crippen molar-refractivity contribution in [2.75, 3.05) is 6.54 Å². The lowest BCUT2D eigenvalue weighted by atomic mass is 10.3. The van der Waals surface area contributed by atoms with Crippen LogP contribution in [0.5, 0.6) is 0 Å². The molecule has 4 heteroatoms. The molecule has 0 radical (unpaired) electrons. The quantitative estimate of drug-likeness (QED) is 0.533. The van der Waals surface area contributed by atoms with Gasteiger partial charge in [-0.2, -0.15) is 0 Å². The number of carbonyl (C=O) groups is 1. The van der Waals surface area contributed by atoms with E-state index in [1.807, 2.05) is 0 Å². The molecule has 2 amide bonds. The fourth-order valence-electron chi connectivity index (χ4n) is 0.671. The Balaban J connectivity index is 2.64. The van der Waals surface area contributed by atoms with Crippen molar-refractivity contribution in [3.05, 3.63) is 24.2 Å². The van der Waals surface area contributed by atoms with Crippen molar-refractivity contribution in [3.8, 4) is 0 Å². The molecular weight excluding hydrogens is 135 g/mol. The van der Waals surface area contributed by atoms with E-state index in [0.29, 0.717) is 0 Å². The van der Waals surface area contributed by atoms with Crippen LogP contribution in [0.15, 0.2) is 24.2 Å². The number of nitrogens with zero attached hydrogens (tertiary/aromatic N) is 1. The van der Waals surface area contributed by atoms with Crippen LogP contribution in [0.25, 0.3) is 0 Å². The molecule has 10 heavy (non-hydrogen) atoms. The van der Waals surface area contributed by atoms with E-state index in [1.165, 1.54) is 18.4 Å². The molecule has 1 aliphatic heterocycles. The van der Waals surface area contributed by atoms with E-state index in [0.717, 1.165) is 4.90 Å². The summed E-state index contributed by atoms with van der Waals surface area (Å²) in [6.07, 6.45) is 4.16. The van der Waals surface area contributed by atoms with Crippen LogP contribution in [0.3, 0.4) is 0 Å². The monoisotopic (exact) mass is 142 g/mol. The number of hydrogen-bond acceptors (Lipinski definition) is 1. The lowest BCUT2D eigenvalue weighted by Gasteiger charge is -2.16. The number of carbonyl (C=O) groups excluding carboxylic acids is 1. The zero-order chi connectivity index (χ0) is 7.56. The van der Waals surface area contributed by atoms with Gasteiger partial charge in [0.1, 0.15) is 5.83 Å². The predicted octanol–water partition coefficient (Wildman–Crippen LogP) is 0.748. The van der Waals surface area contributed by atoms with Gasteiger partial charge >= 0.3 is 6.03 Å². The second-order valence-corrected chi connectivity index (χ2v) is 1.92. The topological polar surface area (TPSA) is 46.3 Å². The van der Waals surface area contributed by atoms with E-state index in [9.17, 15) is 9.18 Å². The smallest absolute Gasteiger partial charge is 0.319 e. The molecule has 0 aliphatic carbocycles. The van der Waals surface area contributed by atoms with Crippen molar-refractivity contribution in [1.82, 2.24) is 4.90 Å². The largest absolute Gasteiger partial charge is 0.351 e. The maximum Gasteiger partial charge on any atom is 0.319 e. The van der Waals surface area contributed by atoms with Crippen LogP contribution >= 0.6 is 0 Å². The Kier molecular flexibility index (Phi) is 1.71. The normalized spacial score (nSPS) is 16.9. The minimum absolute atomic E-state index is 0.0498. The van der Waals surface area contributed by atoms with E-state index < -0.39 is 6.03 Å². The SMILES string of the molecule is NC(=O)N1C=CC=C(F)C1. The summed E-state index contributed by atoms with van der Waals surface area (Å²) < 4.78 is 12.4. The van der Waals surface area contributed by atoms with Crippen LogP contribution in [0, 0.1) is 0 Å². The number of urea groups is 1. The first kappa shape index (κ1) is 6.80. The van der Waals surface area contributed by atoms with Crippen molar-refractivity contribution in [3.63, 3.8) is 0 Å². The maximum atomic E-state index is 12.4. The highest BCUT2D eigenvalue weighted by molar-refractivity contribution is 5.73. The van der Waals surface area contributed by atoms with Crippen molar-refractivity contribution in [2.45, 2.75) is 0 Å². The number of halogens is 1. The Morgan fingerprint density at radius 2 is 2.50 bits per heavy atom. The summed E-state index contributed by atoms with van der Waals surface area (Å²) in [6, 6.07) is -0.639. The van der Waals surface area contributed by atoms with Crippen molar-refractivity contribution < 1.29 is 9.18 Å². The maximum absolute atomic E-state index is 12.4. The number of primary amides is 1. The van der Waals surface area contributed by atoms with E-state index >= 15 is 0 Å². The zero-order valence-corrected chi connectivity index (χ0v) is 5.25. The molecule has 54 valence electrons. The Morgan fingerprint density at radius 1 is 1.80 bits per heavy atom. The van der Waals surface area contributed by atoms with Gasteiger partial charge in [0.15, 0.2) is 0 Å². The van der Waals surface area contributed by atoms with Crippen LogP contribution in [-0.2, 0) is 0 Å². The standard InChI is InChI=1S/C6H7FN2O/c7-5-2-1-3-9(4-5)6(8)10/h1-3H,4H2,(H2,8,10). The van der Waals surface area contributed by atoms with Crippen molar-refractivity contribution in [2.24, 2.45) is 5.73 Å². The molecule has 0 aromatic heterocycles. The average Bonchev–Trinajstić information content (AvgIpc) is 1.88. The number of amides is 2. The Bertz CT molecular complexity index is 210. The number of allylic oxidation sites excluding steroid dienone is 2.